The van der Waals surface area contributed by atoms with Gasteiger partial charge in [-0.2, -0.15) is 9.40 Å². The Labute approximate surface area is 188 Å². The van der Waals surface area contributed by atoms with Crippen LogP contribution in [0.3, 0.4) is 0 Å². The molecule has 2 aromatic rings. The van der Waals surface area contributed by atoms with E-state index in [1.54, 1.807) is 7.05 Å². The number of carbonyl (C=O) groups is 1. The highest BCUT2D eigenvalue weighted by Crippen LogP contribution is 2.25. The van der Waals surface area contributed by atoms with E-state index < -0.39 is 10.0 Å². The van der Waals surface area contributed by atoms with Crippen LogP contribution >= 0.6 is 11.6 Å². The highest BCUT2D eigenvalue weighted by atomic mass is 35.5. The van der Waals surface area contributed by atoms with Gasteiger partial charge in [0.25, 0.3) is 0 Å². The van der Waals surface area contributed by atoms with Gasteiger partial charge in [0.2, 0.25) is 15.9 Å². The summed E-state index contributed by atoms with van der Waals surface area (Å²) < 4.78 is 28.7. The number of piperazine rings is 1. The van der Waals surface area contributed by atoms with Gasteiger partial charge in [0.15, 0.2) is 0 Å². The molecule has 0 radical (unpaired) electrons. The van der Waals surface area contributed by atoms with Crippen molar-refractivity contribution >= 4 is 27.5 Å². The topological polar surface area (TPSA) is 78.8 Å². The molecule has 0 aliphatic carbocycles. The van der Waals surface area contributed by atoms with E-state index in [-0.39, 0.29) is 23.3 Å². The predicted molar refractivity (Wildman–Crippen MR) is 118 cm³/mol. The molecule has 8 nitrogen and oxygen atoms in total. The maximum Gasteiger partial charge on any atom is 0.246 e. The summed E-state index contributed by atoms with van der Waals surface area (Å²) >= 11 is 6.27. The Morgan fingerprint density at radius 3 is 2.58 bits per heavy atom. The Hall–Kier alpha value is -1.94. The lowest BCUT2D eigenvalue weighted by atomic mass is 9.97. The van der Waals surface area contributed by atoms with E-state index in [0.717, 1.165) is 36.6 Å². The molecule has 2 saturated heterocycles. The molecule has 0 bridgehead atoms. The number of halogens is 1. The Bertz CT molecular complexity index is 1030. The fraction of sp³-hybridized carbons (Fsp3) is 0.524. The number of nitrogens with zero attached hydrogens (tertiary/aromatic N) is 5. The van der Waals surface area contributed by atoms with Gasteiger partial charge in [0.1, 0.15) is 4.90 Å². The first-order chi connectivity index (χ1) is 14.8. The molecule has 0 unspecified atom stereocenters. The Balaban J connectivity index is 1.34. The van der Waals surface area contributed by atoms with E-state index in [0.29, 0.717) is 26.1 Å². The minimum atomic E-state index is -3.63. The lowest BCUT2D eigenvalue weighted by Gasteiger charge is -2.38. The number of hydrogen-bond donors (Lipinski definition) is 0. The zero-order valence-corrected chi connectivity index (χ0v) is 19.2. The molecule has 1 amide bonds. The molecular weight excluding hydrogens is 438 g/mol. The standard InChI is InChI=1S/C21H28ClN5O3S/c1-24-16-19(13-23-24)31(29,30)27-8-4-6-18(15-27)21(28)26-11-9-25(10-12-26)14-17-5-2-3-7-20(17)22/h2-3,5,7,13,16,18H,4,6,8-12,14-15H2,1H3/t18-/m1/s1. The molecule has 0 saturated carbocycles. The van der Waals surface area contributed by atoms with Gasteiger partial charge in [0.05, 0.1) is 12.1 Å². The van der Waals surface area contributed by atoms with Gasteiger partial charge < -0.3 is 4.90 Å². The van der Waals surface area contributed by atoms with Crippen LogP contribution in [0.1, 0.15) is 18.4 Å². The average Bonchev–Trinajstić information content (AvgIpc) is 3.23. The van der Waals surface area contributed by atoms with Gasteiger partial charge >= 0.3 is 0 Å². The van der Waals surface area contributed by atoms with Gasteiger partial charge in [-0.1, -0.05) is 29.8 Å². The van der Waals surface area contributed by atoms with E-state index >= 15 is 0 Å². The summed E-state index contributed by atoms with van der Waals surface area (Å²) in [5.41, 5.74) is 1.09. The fourth-order valence-corrected chi connectivity index (χ4v) is 6.00. The van der Waals surface area contributed by atoms with Gasteiger partial charge in [-0.05, 0) is 24.5 Å². The van der Waals surface area contributed by atoms with E-state index in [1.807, 2.05) is 29.2 Å². The molecule has 2 fully saturated rings. The molecular formula is C21H28ClN5O3S. The van der Waals surface area contributed by atoms with Crippen LogP contribution in [0.5, 0.6) is 0 Å². The third-order valence-electron chi connectivity index (χ3n) is 6.09. The summed E-state index contributed by atoms with van der Waals surface area (Å²) in [5.74, 6) is -0.237. The monoisotopic (exact) mass is 465 g/mol. The molecule has 168 valence electrons. The third kappa shape index (κ3) is 4.95. The van der Waals surface area contributed by atoms with Crippen molar-refractivity contribution < 1.29 is 13.2 Å². The van der Waals surface area contributed by atoms with Crippen molar-refractivity contribution in [2.24, 2.45) is 13.0 Å². The second-order valence-corrected chi connectivity index (χ2v) is 10.6. The number of hydrogen-bond acceptors (Lipinski definition) is 5. The van der Waals surface area contributed by atoms with Crippen LogP contribution in [0.15, 0.2) is 41.6 Å². The van der Waals surface area contributed by atoms with Crippen LogP contribution in [-0.2, 0) is 28.4 Å². The number of rotatable bonds is 5. The highest BCUT2D eigenvalue weighted by Gasteiger charge is 2.36. The number of benzene rings is 1. The summed E-state index contributed by atoms with van der Waals surface area (Å²) in [5, 5.41) is 4.73. The van der Waals surface area contributed by atoms with Crippen LogP contribution < -0.4 is 0 Å². The van der Waals surface area contributed by atoms with Crippen molar-refractivity contribution in [3.05, 3.63) is 47.2 Å². The number of piperidine rings is 1. The third-order valence-corrected chi connectivity index (χ3v) is 8.27. The van der Waals surface area contributed by atoms with Crippen molar-refractivity contribution in [3.8, 4) is 0 Å². The molecule has 1 atom stereocenters. The minimum Gasteiger partial charge on any atom is -0.340 e. The van der Waals surface area contributed by atoms with Gasteiger partial charge in [-0.15, -0.1) is 0 Å². The first-order valence-corrected chi connectivity index (χ1v) is 12.4. The highest BCUT2D eigenvalue weighted by molar-refractivity contribution is 7.89. The van der Waals surface area contributed by atoms with Crippen molar-refractivity contribution in [1.29, 1.82) is 0 Å². The van der Waals surface area contributed by atoms with E-state index in [9.17, 15) is 13.2 Å². The van der Waals surface area contributed by atoms with Crippen LogP contribution in [0, 0.1) is 5.92 Å². The first-order valence-electron chi connectivity index (χ1n) is 10.6. The number of aryl methyl sites for hydroxylation is 1. The molecule has 3 heterocycles. The van der Waals surface area contributed by atoms with Crippen molar-refractivity contribution in [2.45, 2.75) is 24.3 Å². The molecule has 1 aromatic carbocycles. The lowest BCUT2D eigenvalue weighted by molar-refractivity contribution is -0.138. The first kappa shape index (κ1) is 22.3. The van der Waals surface area contributed by atoms with Crippen LogP contribution in [-0.4, -0.2) is 77.5 Å². The van der Waals surface area contributed by atoms with Crippen LogP contribution in [0.25, 0.3) is 0 Å². The molecule has 0 N–H and O–H groups in total. The molecule has 31 heavy (non-hydrogen) atoms. The lowest BCUT2D eigenvalue weighted by Crippen LogP contribution is -2.52. The number of aromatic nitrogens is 2. The molecule has 4 rings (SSSR count). The largest absolute Gasteiger partial charge is 0.340 e. The second kappa shape index (κ2) is 9.28. The van der Waals surface area contributed by atoms with Crippen LogP contribution in [0.2, 0.25) is 5.02 Å². The van der Waals surface area contributed by atoms with Crippen LogP contribution in [0.4, 0.5) is 0 Å². The fourth-order valence-electron chi connectivity index (χ4n) is 4.30. The zero-order chi connectivity index (χ0) is 22.0. The predicted octanol–water partition coefficient (Wildman–Crippen LogP) is 1.82. The van der Waals surface area contributed by atoms with Gasteiger partial charge in [-0.3, -0.25) is 14.4 Å². The normalized spacial score (nSPS) is 21.4. The summed E-state index contributed by atoms with van der Waals surface area (Å²) in [4.78, 5) is 17.5. The second-order valence-electron chi connectivity index (χ2n) is 8.24. The average molecular weight is 466 g/mol. The summed E-state index contributed by atoms with van der Waals surface area (Å²) in [6, 6.07) is 7.82. The van der Waals surface area contributed by atoms with Crippen molar-refractivity contribution in [3.63, 3.8) is 0 Å². The SMILES string of the molecule is Cn1cc(S(=O)(=O)N2CCC[C@@H](C(=O)N3CCN(Cc4ccccc4Cl)CC3)C2)cn1. The quantitative estimate of drug-likeness (QED) is 0.673. The maximum absolute atomic E-state index is 13.1. The maximum atomic E-state index is 13.1. The molecule has 1 aromatic heterocycles. The van der Waals surface area contributed by atoms with E-state index in [2.05, 4.69) is 10.00 Å². The number of amides is 1. The molecule has 2 aliphatic rings. The van der Waals surface area contributed by atoms with Crippen molar-refractivity contribution in [1.82, 2.24) is 23.9 Å². The van der Waals surface area contributed by atoms with Gasteiger partial charge in [0, 0.05) is 64.1 Å². The molecule has 2 aliphatic heterocycles. The Kier molecular flexibility index (Phi) is 6.66. The minimum absolute atomic E-state index is 0.0588. The summed E-state index contributed by atoms with van der Waals surface area (Å²) in [6.45, 7) is 4.29. The smallest absolute Gasteiger partial charge is 0.246 e. The Morgan fingerprint density at radius 1 is 1.16 bits per heavy atom. The summed E-state index contributed by atoms with van der Waals surface area (Å²) in [6.07, 6.45) is 4.26. The summed E-state index contributed by atoms with van der Waals surface area (Å²) in [7, 11) is -1.94. The van der Waals surface area contributed by atoms with Gasteiger partial charge in [-0.25, -0.2) is 8.42 Å². The van der Waals surface area contributed by atoms with Crippen molar-refractivity contribution in [2.75, 3.05) is 39.3 Å². The number of sulfonamides is 1. The molecule has 0 spiro atoms. The van der Waals surface area contributed by atoms with E-state index in [4.69, 9.17) is 11.6 Å². The Morgan fingerprint density at radius 2 is 1.90 bits per heavy atom. The number of carbonyl (C=O) groups excluding carboxylic acids is 1. The molecule has 10 heteroatoms. The zero-order valence-electron chi connectivity index (χ0n) is 17.7. The van der Waals surface area contributed by atoms with E-state index in [1.165, 1.54) is 21.4 Å².